The summed E-state index contributed by atoms with van der Waals surface area (Å²) in [6, 6.07) is 15.9. The molecule has 2 aromatic carbocycles. The molecule has 1 unspecified atom stereocenters. The predicted octanol–water partition coefficient (Wildman–Crippen LogP) is 4.97. The number of hydrogen-bond donors (Lipinski definition) is 0. The number of carbonyl (C=O) groups excluding carboxylic acids is 1. The summed E-state index contributed by atoms with van der Waals surface area (Å²) in [4.78, 5) is 15.9. The number of nitrogens with zero attached hydrogens (tertiary/aromatic N) is 3. The third-order valence-corrected chi connectivity index (χ3v) is 6.70. The van der Waals surface area contributed by atoms with E-state index in [0.29, 0.717) is 22.9 Å². The summed E-state index contributed by atoms with van der Waals surface area (Å²) in [5.74, 6) is 1.42. The number of rotatable bonds is 6. The summed E-state index contributed by atoms with van der Waals surface area (Å²) in [6.45, 7) is 5.11. The fraction of sp³-hybridized carbons (Fsp3) is 0.318. The second-order valence-corrected chi connectivity index (χ2v) is 9.49. The van der Waals surface area contributed by atoms with Gasteiger partial charge in [0, 0.05) is 16.7 Å². The van der Waals surface area contributed by atoms with Crippen molar-refractivity contribution in [1.29, 1.82) is 0 Å². The van der Waals surface area contributed by atoms with Crippen molar-refractivity contribution in [3.05, 3.63) is 60.0 Å². The largest absolute Gasteiger partial charge is 0.484 e. The van der Waals surface area contributed by atoms with E-state index >= 15 is 0 Å². The first-order valence-corrected chi connectivity index (χ1v) is 11.7. The van der Waals surface area contributed by atoms with Gasteiger partial charge in [-0.2, -0.15) is 0 Å². The van der Waals surface area contributed by atoms with Gasteiger partial charge < -0.3 is 14.1 Å². The van der Waals surface area contributed by atoms with Gasteiger partial charge in [-0.15, -0.1) is 22.0 Å². The number of ether oxygens (including phenoxy) is 1. The Morgan fingerprint density at radius 3 is 3.00 bits per heavy atom. The highest BCUT2D eigenvalue weighted by Gasteiger charge is 2.24. The van der Waals surface area contributed by atoms with Crippen molar-refractivity contribution < 1.29 is 13.9 Å². The maximum atomic E-state index is 12.9. The monoisotopic (exact) mass is 441 g/mol. The highest BCUT2D eigenvalue weighted by atomic mass is 32.2. The molecule has 0 spiro atoms. The zero-order valence-electron chi connectivity index (χ0n) is 16.9. The van der Waals surface area contributed by atoms with Gasteiger partial charge in [0.15, 0.2) is 6.61 Å². The second kappa shape index (κ2) is 9.57. The van der Waals surface area contributed by atoms with Gasteiger partial charge in [0.05, 0.1) is 11.4 Å². The Kier molecular flexibility index (Phi) is 6.64. The number of anilines is 1. The standard InChI is InChI=1S/C22H23N3O3S2/c1-15-6-5-7-17(12-15)27-13-20-23-24-22(28-20)29-14-21(26)25-11-10-16(2)30-19-9-4-3-8-18(19)25/h3-9,12,16H,10-11,13-14H2,1-2H3. The molecular formula is C22H23N3O3S2. The summed E-state index contributed by atoms with van der Waals surface area (Å²) in [5, 5.41) is 8.89. The molecule has 0 fully saturated rings. The van der Waals surface area contributed by atoms with Gasteiger partial charge in [0.1, 0.15) is 5.75 Å². The SMILES string of the molecule is Cc1cccc(OCc2nnc(SCC(=O)N3CCC(C)Sc4ccccc43)o2)c1. The fourth-order valence-corrected chi connectivity index (χ4v) is 4.92. The number of aromatic nitrogens is 2. The molecule has 3 aromatic rings. The molecule has 4 rings (SSSR count). The van der Waals surface area contributed by atoms with E-state index in [9.17, 15) is 4.79 Å². The van der Waals surface area contributed by atoms with Gasteiger partial charge in [0.2, 0.25) is 5.91 Å². The van der Waals surface area contributed by atoms with Gasteiger partial charge in [-0.25, -0.2) is 0 Å². The van der Waals surface area contributed by atoms with Crippen LogP contribution in [0, 0.1) is 6.92 Å². The van der Waals surface area contributed by atoms with Crippen LogP contribution in [0.25, 0.3) is 0 Å². The van der Waals surface area contributed by atoms with E-state index in [0.717, 1.165) is 28.3 Å². The maximum absolute atomic E-state index is 12.9. The third-order valence-electron chi connectivity index (χ3n) is 4.66. The molecule has 30 heavy (non-hydrogen) atoms. The van der Waals surface area contributed by atoms with Crippen LogP contribution >= 0.6 is 23.5 Å². The Bertz CT molecular complexity index is 1020. The molecule has 0 aliphatic carbocycles. The molecule has 0 saturated carbocycles. The van der Waals surface area contributed by atoms with Gasteiger partial charge in [-0.3, -0.25) is 4.79 Å². The molecule has 156 valence electrons. The molecule has 1 amide bonds. The quantitative estimate of drug-likeness (QED) is 0.500. The Morgan fingerprint density at radius 2 is 2.13 bits per heavy atom. The van der Waals surface area contributed by atoms with Crippen LogP contribution in [0.15, 0.2) is 63.1 Å². The summed E-state index contributed by atoms with van der Waals surface area (Å²) in [7, 11) is 0. The summed E-state index contributed by atoms with van der Waals surface area (Å²) in [6.07, 6.45) is 0.955. The number of hydrogen-bond acceptors (Lipinski definition) is 7. The molecule has 1 aliphatic heterocycles. The minimum Gasteiger partial charge on any atom is -0.484 e. The molecule has 0 N–H and O–H groups in total. The topological polar surface area (TPSA) is 68.5 Å². The van der Waals surface area contributed by atoms with Crippen molar-refractivity contribution in [3.8, 4) is 5.75 Å². The molecule has 2 heterocycles. The minimum atomic E-state index is 0.0397. The van der Waals surface area contributed by atoms with Gasteiger partial charge in [-0.1, -0.05) is 43.0 Å². The van der Waals surface area contributed by atoms with Crippen LogP contribution in [0.1, 0.15) is 24.8 Å². The van der Waals surface area contributed by atoms with Gasteiger partial charge in [0.25, 0.3) is 11.1 Å². The van der Waals surface area contributed by atoms with E-state index in [2.05, 4.69) is 23.2 Å². The average molecular weight is 442 g/mol. The average Bonchev–Trinajstić information content (AvgIpc) is 3.12. The van der Waals surface area contributed by atoms with E-state index in [1.807, 2.05) is 66.1 Å². The van der Waals surface area contributed by atoms with Crippen LogP contribution in [-0.4, -0.2) is 33.7 Å². The molecule has 0 bridgehead atoms. The number of para-hydroxylation sites is 1. The lowest BCUT2D eigenvalue weighted by Gasteiger charge is -2.22. The molecule has 6 nitrogen and oxygen atoms in total. The predicted molar refractivity (Wildman–Crippen MR) is 119 cm³/mol. The van der Waals surface area contributed by atoms with Crippen molar-refractivity contribution in [3.63, 3.8) is 0 Å². The molecule has 8 heteroatoms. The summed E-state index contributed by atoms with van der Waals surface area (Å²) >= 11 is 3.08. The van der Waals surface area contributed by atoms with Crippen molar-refractivity contribution in [2.75, 3.05) is 17.2 Å². The number of amides is 1. The Hall–Kier alpha value is -2.45. The molecule has 0 radical (unpaired) electrons. The molecule has 1 atom stereocenters. The molecule has 1 aromatic heterocycles. The highest BCUT2D eigenvalue weighted by Crippen LogP contribution is 2.37. The van der Waals surface area contributed by atoms with E-state index in [1.54, 1.807) is 0 Å². The normalized spacial score (nSPS) is 16.1. The number of aryl methyl sites for hydroxylation is 1. The van der Waals surface area contributed by atoms with E-state index < -0.39 is 0 Å². The van der Waals surface area contributed by atoms with Crippen molar-refractivity contribution in [2.24, 2.45) is 0 Å². The van der Waals surface area contributed by atoms with Crippen LogP contribution < -0.4 is 9.64 Å². The number of fused-ring (bicyclic) bond motifs is 1. The highest BCUT2D eigenvalue weighted by molar-refractivity contribution is 8.00. The lowest BCUT2D eigenvalue weighted by molar-refractivity contribution is -0.116. The number of thioether (sulfide) groups is 2. The fourth-order valence-electron chi connectivity index (χ4n) is 3.15. The number of carbonyl (C=O) groups is 1. The van der Waals surface area contributed by atoms with E-state index in [4.69, 9.17) is 9.15 Å². The zero-order valence-corrected chi connectivity index (χ0v) is 18.5. The number of benzene rings is 2. The Morgan fingerprint density at radius 1 is 1.27 bits per heavy atom. The summed E-state index contributed by atoms with van der Waals surface area (Å²) in [5.41, 5.74) is 2.10. The Labute approximate surface area is 184 Å². The van der Waals surface area contributed by atoms with Crippen molar-refractivity contribution in [2.45, 2.75) is 42.2 Å². The lowest BCUT2D eigenvalue weighted by Crippen LogP contribution is -2.33. The molecule has 1 aliphatic rings. The van der Waals surface area contributed by atoms with E-state index in [-0.39, 0.29) is 18.3 Å². The van der Waals surface area contributed by atoms with Crippen LogP contribution in [0.3, 0.4) is 0 Å². The van der Waals surface area contributed by atoms with Crippen LogP contribution in [0.5, 0.6) is 5.75 Å². The molecule has 0 saturated heterocycles. The zero-order chi connectivity index (χ0) is 20.9. The smallest absolute Gasteiger partial charge is 0.277 e. The first-order chi connectivity index (χ1) is 14.6. The van der Waals surface area contributed by atoms with Crippen molar-refractivity contribution in [1.82, 2.24) is 10.2 Å². The van der Waals surface area contributed by atoms with E-state index in [1.165, 1.54) is 11.8 Å². The minimum absolute atomic E-state index is 0.0397. The second-order valence-electron chi connectivity index (χ2n) is 7.09. The lowest BCUT2D eigenvalue weighted by atomic mass is 10.2. The van der Waals surface area contributed by atoms with Gasteiger partial charge >= 0.3 is 0 Å². The first kappa shape index (κ1) is 20.8. The van der Waals surface area contributed by atoms with Crippen LogP contribution in [0.2, 0.25) is 0 Å². The molecular weight excluding hydrogens is 418 g/mol. The first-order valence-electron chi connectivity index (χ1n) is 9.79. The summed E-state index contributed by atoms with van der Waals surface area (Å²) < 4.78 is 11.3. The van der Waals surface area contributed by atoms with Crippen LogP contribution in [0.4, 0.5) is 5.69 Å². The van der Waals surface area contributed by atoms with Gasteiger partial charge in [-0.05, 0) is 43.2 Å². The van der Waals surface area contributed by atoms with Crippen LogP contribution in [-0.2, 0) is 11.4 Å². The van der Waals surface area contributed by atoms with Crippen molar-refractivity contribution >= 4 is 35.1 Å². The third kappa shape index (κ3) is 5.17. The Balaban J connectivity index is 1.34. The maximum Gasteiger partial charge on any atom is 0.277 e.